The third kappa shape index (κ3) is 3.92. The van der Waals surface area contributed by atoms with Crippen LogP contribution in [0.15, 0.2) is 41.8 Å². The zero-order valence-corrected chi connectivity index (χ0v) is 17.8. The molecular formula is C22H26N4O2S. The number of benzene rings is 1. The van der Waals surface area contributed by atoms with Crippen molar-refractivity contribution >= 4 is 40.1 Å². The molecule has 4 rings (SSSR count). The van der Waals surface area contributed by atoms with Crippen LogP contribution in [0, 0.1) is 5.92 Å². The van der Waals surface area contributed by atoms with Crippen molar-refractivity contribution in [3.05, 3.63) is 46.7 Å². The minimum Gasteiger partial charge on any atom is -0.338 e. The van der Waals surface area contributed by atoms with E-state index in [2.05, 4.69) is 35.6 Å². The third-order valence-corrected chi connectivity index (χ3v) is 6.21. The van der Waals surface area contributed by atoms with E-state index in [1.54, 1.807) is 0 Å². The minimum atomic E-state index is -0.213. The van der Waals surface area contributed by atoms with Crippen molar-refractivity contribution < 1.29 is 9.59 Å². The molecule has 0 atom stereocenters. The van der Waals surface area contributed by atoms with Gasteiger partial charge in [-0.25, -0.2) is 4.98 Å². The van der Waals surface area contributed by atoms with E-state index in [1.807, 2.05) is 46.7 Å². The summed E-state index contributed by atoms with van der Waals surface area (Å²) in [4.78, 5) is 32.7. The normalized spacial score (nSPS) is 15.6. The van der Waals surface area contributed by atoms with Crippen molar-refractivity contribution in [2.75, 3.05) is 18.4 Å². The number of thiophene rings is 1. The van der Waals surface area contributed by atoms with Gasteiger partial charge in [0.2, 0.25) is 11.9 Å². The number of rotatable bonds is 3. The molecule has 1 aliphatic rings. The van der Waals surface area contributed by atoms with Gasteiger partial charge < -0.3 is 9.47 Å². The lowest BCUT2D eigenvalue weighted by Gasteiger charge is -2.31. The molecule has 0 saturated carbocycles. The molecule has 7 heteroatoms. The lowest BCUT2D eigenvalue weighted by atomic mass is 9.96. The number of likely N-dealkylation sites (tertiary alicyclic amines) is 1. The van der Waals surface area contributed by atoms with E-state index in [0.717, 1.165) is 15.9 Å². The van der Waals surface area contributed by atoms with E-state index < -0.39 is 0 Å². The van der Waals surface area contributed by atoms with Crippen LogP contribution in [-0.4, -0.2) is 39.4 Å². The first-order chi connectivity index (χ1) is 13.8. The molecule has 1 N–H and O–H groups in total. The highest BCUT2D eigenvalue weighted by molar-refractivity contribution is 7.12. The Labute approximate surface area is 174 Å². The Kier molecular flexibility index (Phi) is 5.17. The molecule has 1 fully saturated rings. The van der Waals surface area contributed by atoms with Crippen LogP contribution in [0.5, 0.6) is 0 Å². The van der Waals surface area contributed by atoms with Gasteiger partial charge in [-0.2, -0.15) is 0 Å². The third-order valence-electron chi connectivity index (χ3n) is 5.35. The maximum Gasteiger partial charge on any atom is 0.263 e. The smallest absolute Gasteiger partial charge is 0.263 e. The minimum absolute atomic E-state index is 0.0194. The van der Waals surface area contributed by atoms with Crippen LogP contribution in [0.25, 0.3) is 11.0 Å². The molecule has 0 bridgehead atoms. The van der Waals surface area contributed by atoms with E-state index in [-0.39, 0.29) is 23.3 Å². The molecule has 0 spiro atoms. The predicted octanol–water partition coefficient (Wildman–Crippen LogP) is 4.34. The molecule has 29 heavy (non-hydrogen) atoms. The molecule has 1 aliphatic heterocycles. The molecule has 6 nitrogen and oxygen atoms in total. The Morgan fingerprint density at radius 1 is 1.10 bits per heavy atom. The first-order valence-corrected chi connectivity index (χ1v) is 10.8. The maximum absolute atomic E-state index is 13.0. The van der Waals surface area contributed by atoms with Gasteiger partial charge in [-0.05, 0) is 57.2 Å². The van der Waals surface area contributed by atoms with Crippen LogP contribution in [0.4, 0.5) is 5.95 Å². The van der Waals surface area contributed by atoms with Crippen LogP contribution in [0.2, 0.25) is 0 Å². The number of hydrogen-bond acceptors (Lipinski definition) is 4. The molecule has 3 heterocycles. The molecule has 0 radical (unpaired) electrons. The Morgan fingerprint density at radius 2 is 1.83 bits per heavy atom. The Balaban J connectivity index is 1.46. The highest BCUT2D eigenvalue weighted by Crippen LogP contribution is 2.29. The summed E-state index contributed by atoms with van der Waals surface area (Å²) >= 11 is 1.46. The number of imidazole rings is 1. The van der Waals surface area contributed by atoms with Crippen LogP contribution in [0.3, 0.4) is 0 Å². The van der Waals surface area contributed by atoms with Gasteiger partial charge in [-0.3, -0.25) is 14.9 Å². The van der Waals surface area contributed by atoms with E-state index in [4.69, 9.17) is 0 Å². The fourth-order valence-corrected chi connectivity index (χ4v) is 4.59. The summed E-state index contributed by atoms with van der Waals surface area (Å²) in [5.41, 5.74) is 1.66. The maximum atomic E-state index is 13.0. The van der Waals surface area contributed by atoms with Crippen LogP contribution >= 0.6 is 11.3 Å². The van der Waals surface area contributed by atoms with Gasteiger partial charge in [0, 0.05) is 24.5 Å². The van der Waals surface area contributed by atoms with Gasteiger partial charge in [0.05, 0.1) is 15.9 Å². The molecule has 3 aromatic rings. The topological polar surface area (TPSA) is 67.2 Å². The summed E-state index contributed by atoms with van der Waals surface area (Å²) in [6, 6.07) is 11.7. The number of carbonyl (C=O) groups excluding carboxylic acids is 2. The van der Waals surface area contributed by atoms with E-state index >= 15 is 0 Å². The number of nitrogens with zero attached hydrogens (tertiary/aromatic N) is 3. The van der Waals surface area contributed by atoms with Crippen molar-refractivity contribution in [1.29, 1.82) is 0 Å². The summed E-state index contributed by atoms with van der Waals surface area (Å²) in [6.07, 6.45) is 1.33. The molecule has 2 amide bonds. The average Bonchev–Trinajstić information content (AvgIpc) is 3.34. The van der Waals surface area contributed by atoms with Crippen molar-refractivity contribution in [3.8, 4) is 0 Å². The van der Waals surface area contributed by atoms with Gasteiger partial charge in [0.15, 0.2) is 0 Å². The number of para-hydroxylation sites is 2. The van der Waals surface area contributed by atoms with Gasteiger partial charge in [0.1, 0.15) is 0 Å². The van der Waals surface area contributed by atoms with Crippen LogP contribution in [0.1, 0.15) is 43.3 Å². The highest BCUT2D eigenvalue weighted by atomic mass is 32.1. The quantitative estimate of drug-likeness (QED) is 0.698. The number of aromatic nitrogens is 2. The standard InChI is InChI=1S/C22H26N4O2S/c1-22(2,3)26-17-8-5-4-7-16(17)23-21(26)24-19(27)15-10-12-25(13-11-15)20(28)18-9-6-14-29-18/h4-9,14-15H,10-13H2,1-3H3,(H,23,24,27). The van der Waals surface area contributed by atoms with E-state index in [0.29, 0.717) is 31.9 Å². The Hall–Kier alpha value is -2.67. The summed E-state index contributed by atoms with van der Waals surface area (Å²) in [6.45, 7) is 7.51. The summed E-state index contributed by atoms with van der Waals surface area (Å²) < 4.78 is 2.08. The zero-order chi connectivity index (χ0) is 20.6. The number of nitrogens with one attached hydrogen (secondary N) is 1. The molecule has 1 saturated heterocycles. The predicted molar refractivity (Wildman–Crippen MR) is 116 cm³/mol. The molecule has 2 aromatic heterocycles. The second-order valence-corrected chi connectivity index (χ2v) is 9.41. The number of piperidine rings is 1. The number of hydrogen-bond donors (Lipinski definition) is 1. The van der Waals surface area contributed by atoms with E-state index in [9.17, 15) is 9.59 Å². The summed E-state index contributed by atoms with van der Waals surface area (Å²) in [7, 11) is 0. The molecule has 0 unspecified atom stereocenters. The first-order valence-electron chi connectivity index (χ1n) is 9.96. The SMILES string of the molecule is CC(C)(C)n1c(NC(=O)C2CCN(C(=O)c3cccs3)CC2)nc2ccccc21. The molecule has 1 aromatic carbocycles. The van der Waals surface area contributed by atoms with Gasteiger partial charge >= 0.3 is 0 Å². The lowest BCUT2D eigenvalue weighted by Crippen LogP contribution is -2.41. The fourth-order valence-electron chi connectivity index (χ4n) is 3.90. The second kappa shape index (κ2) is 7.63. The Bertz CT molecular complexity index is 1020. The number of carbonyl (C=O) groups is 2. The fraction of sp³-hybridized carbons (Fsp3) is 0.409. The second-order valence-electron chi connectivity index (χ2n) is 8.46. The van der Waals surface area contributed by atoms with Gasteiger partial charge in [-0.1, -0.05) is 18.2 Å². The van der Waals surface area contributed by atoms with Crippen molar-refractivity contribution in [3.63, 3.8) is 0 Å². The van der Waals surface area contributed by atoms with Crippen molar-refractivity contribution in [1.82, 2.24) is 14.5 Å². The largest absolute Gasteiger partial charge is 0.338 e. The summed E-state index contributed by atoms with van der Waals surface area (Å²) in [5, 5.41) is 4.97. The number of fused-ring (bicyclic) bond motifs is 1. The van der Waals surface area contributed by atoms with E-state index in [1.165, 1.54) is 11.3 Å². The summed E-state index contributed by atoms with van der Waals surface area (Å²) in [5.74, 6) is 0.513. The molecular weight excluding hydrogens is 384 g/mol. The lowest BCUT2D eigenvalue weighted by molar-refractivity contribution is -0.121. The number of amides is 2. The van der Waals surface area contributed by atoms with Crippen molar-refractivity contribution in [2.24, 2.45) is 5.92 Å². The highest BCUT2D eigenvalue weighted by Gasteiger charge is 2.30. The molecule has 0 aliphatic carbocycles. The zero-order valence-electron chi connectivity index (χ0n) is 17.0. The van der Waals surface area contributed by atoms with Crippen molar-refractivity contribution in [2.45, 2.75) is 39.2 Å². The monoisotopic (exact) mass is 410 g/mol. The first kappa shape index (κ1) is 19.6. The number of anilines is 1. The average molecular weight is 411 g/mol. The van der Waals surface area contributed by atoms with Gasteiger partial charge in [0.25, 0.3) is 5.91 Å². The van der Waals surface area contributed by atoms with Crippen LogP contribution < -0.4 is 5.32 Å². The Morgan fingerprint density at radius 3 is 2.48 bits per heavy atom. The van der Waals surface area contributed by atoms with Crippen LogP contribution in [-0.2, 0) is 10.3 Å². The molecule has 152 valence electrons. The van der Waals surface area contributed by atoms with Gasteiger partial charge in [-0.15, -0.1) is 11.3 Å².